The molecule has 2 aromatic rings. The second-order valence-electron chi connectivity index (χ2n) is 6.83. The van der Waals surface area contributed by atoms with Gasteiger partial charge in [-0.25, -0.2) is 0 Å². The number of ether oxygens (including phenoxy) is 3. The van der Waals surface area contributed by atoms with Crippen LogP contribution in [-0.2, 0) is 11.3 Å². The summed E-state index contributed by atoms with van der Waals surface area (Å²) in [6, 6.07) is 16.3. The van der Waals surface area contributed by atoms with E-state index in [1.807, 2.05) is 31.2 Å². The van der Waals surface area contributed by atoms with Crippen LogP contribution in [-0.4, -0.2) is 26.4 Å². The highest BCUT2D eigenvalue weighted by Gasteiger charge is 2.00. The molecule has 2 rings (SSSR count). The van der Waals surface area contributed by atoms with E-state index in [0.29, 0.717) is 13.2 Å². The van der Waals surface area contributed by atoms with Gasteiger partial charge in [0.2, 0.25) is 0 Å². The molecular weight excluding hydrogens is 350 g/mol. The first-order valence-corrected chi connectivity index (χ1v) is 10.6. The molecule has 4 nitrogen and oxygen atoms in total. The van der Waals surface area contributed by atoms with Crippen molar-refractivity contribution in [3.63, 3.8) is 0 Å². The van der Waals surface area contributed by atoms with E-state index in [2.05, 4.69) is 36.5 Å². The molecular formula is C24H35NO3. The van der Waals surface area contributed by atoms with Crippen LogP contribution in [0.1, 0.15) is 51.5 Å². The third kappa shape index (κ3) is 9.14. The summed E-state index contributed by atoms with van der Waals surface area (Å²) in [5, 5.41) is 3.45. The molecule has 0 spiro atoms. The lowest BCUT2D eigenvalue weighted by molar-refractivity contribution is 0.110. The maximum atomic E-state index is 5.82. The number of benzene rings is 2. The van der Waals surface area contributed by atoms with Gasteiger partial charge in [-0.2, -0.15) is 0 Å². The minimum atomic E-state index is 0.574. The maximum Gasteiger partial charge on any atom is 0.119 e. The average Bonchev–Trinajstić information content (AvgIpc) is 2.73. The average molecular weight is 386 g/mol. The minimum Gasteiger partial charge on any atom is -0.494 e. The molecule has 0 fully saturated rings. The van der Waals surface area contributed by atoms with Crippen LogP contribution in [0.15, 0.2) is 48.5 Å². The number of unbranched alkanes of at least 4 members (excludes halogenated alkanes) is 4. The molecule has 1 N–H and O–H groups in total. The van der Waals surface area contributed by atoms with Crippen molar-refractivity contribution in [1.82, 2.24) is 0 Å². The lowest BCUT2D eigenvalue weighted by atomic mass is 10.2. The number of hydrogen-bond donors (Lipinski definition) is 1. The molecule has 0 aliphatic carbocycles. The summed E-state index contributed by atoms with van der Waals surface area (Å²) in [6.07, 6.45) is 6.29. The van der Waals surface area contributed by atoms with Crippen LogP contribution in [0.5, 0.6) is 11.5 Å². The zero-order chi connectivity index (χ0) is 19.9. The van der Waals surface area contributed by atoms with Crippen molar-refractivity contribution >= 4 is 5.69 Å². The standard InChI is InChI=1S/C24H35NO3/c1-3-5-6-7-8-16-27-23-14-12-22(13-15-23)25-20-21-10-9-11-24(19-21)28-18-17-26-4-2/h9-15,19,25H,3-8,16-18,20H2,1-2H3. The fourth-order valence-electron chi connectivity index (χ4n) is 2.88. The fourth-order valence-corrected chi connectivity index (χ4v) is 2.88. The van der Waals surface area contributed by atoms with E-state index in [1.54, 1.807) is 0 Å². The van der Waals surface area contributed by atoms with Crippen molar-refractivity contribution in [3.05, 3.63) is 54.1 Å². The van der Waals surface area contributed by atoms with Gasteiger partial charge in [-0.15, -0.1) is 0 Å². The lowest BCUT2D eigenvalue weighted by Crippen LogP contribution is -2.06. The monoisotopic (exact) mass is 385 g/mol. The molecule has 154 valence electrons. The van der Waals surface area contributed by atoms with Crippen molar-refractivity contribution < 1.29 is 14.2 Å². The summed E-state index contributed by atoms with van der Waals surface area (Å²) in [6.45, 7) is 7.68. The van der Waals surface area contributed by atoms with Crippen molar-refractivity contribution in [1.29, 1.82) is 0 Å². The third-order valence-corrected chi connectivity index (χ3v) is 4.47. The van der Waals surface area contributed by atoms with E-state index < -0.39 is 0 Å². The van der Waals surface area contributed by atoms with Crippen molar-refractivity contribution in [2.24, 2.45) is 0 Å². The first-order chi connectivity index (χ1) is 13.8. The lowest BCUT2D eigenvalue weighted by Gasteiger charge is -2.11. The molecule has 4 heteroatoms. The summed E-state index contributed by atoms with van der Waals surface area (Å²) >= 11 is 0. The highest BCUT2D eigenvalue weighted by Crippen LogP contribution is 2.18. The molecule has 0 radical (unpaired) electrons. The molecule has 0 saturated heterocycles. The number of hydrogen-bond acceptors (Lipinski definition) is 4. The Morgan fingerprint density at radius 3 is 2.32 bits per heavy atom. The van der Waals surface area contributed by atoms with Crippen LogP contribution >= 0.6 is 0 Å². The van der Waals surface area contributed by atoms with Gasteiger partial charge in [0.15, 0.2) is 0 Å². The largest absolute Gasteiger partial charge is 0.494 e. The Morgan fingerprint density at radius 2 is 1.54 bits per heavy atom. The van der Waals surface area contributed by atoms with Crippen LogP contribution < -0.4 is 14.8 Å². The van der Waals surface area contributed by atoms with E-state index in [0.717, 1.165) is 43.4 Å². The van der Waals surface area contributed by atoms with Crippen LogP contribution in [0.25, 0.3) is 0 Å². The molecule has 0 amide bonds. The number of nitrogens with one attached hydrogen (secondary N) is 1. The molecule has 0 aliphatic rings. The Labute approximate surface area is 170 Å². The predicted octanol–water partition coefficient (Wildman–Crippen LogP) is 6.06. The van der Waals surface area contributed by atoms with Gasteiger partial charge in [-0.05, 0) is 55.3 Å². The number of rotatable bonds is 15. The quantitative estimate of drug-likeness (QED) is 0.378. The maximum absolute atomic E-state index is 5.82. The van der Waals surface area contributed by atoms with Crippen molar-refractivity contribution in [2.45, 2.75) is 52.5 Å². The van der Waals surface area contributed by atoms with Gasteiger partial charge in [0.1, 0.15) is 18.1 Å². The second-order valence-corrected chi connectivity index (χ2v) is 6.83. The van der Waals surface area contributed by atoms with E-state index in [9.17, 15) is 0 Å². The summed E-state index contributed by atoms with van der Waals surface area (Å²) < 4.78 is 16.8. The summed E-state index contributed by atoms with van der Waals surface area (Å²) in [5.41, 5.74) is 2.26. The molecule has 0 aliphatic heterocycles. The van der Waals surface area contributed by atoms with Crippen molar-refractivity contribution in [2.75, 3.05) is 31.7 Å². The van der Waals surface area contributed by atoms with E-state index >= 15 is 0 Å². The van der Waals surface area contributed by atoms with Gasteiger partial charge >= 0.3 is 0 Å². The van der Waals surface area contributed by atoms with Gasteiger partial charge in [-0.1, -0.05) is 44.7 Å². The summed E-state index contributed by atoms with van der Waals surface area (Å²) in [4.78, 5) is 0. The van der Waals surface area contributed by atoms with E-state index in [1.165, 1.54) is 31.2 Å². The second kappa shape index (κ2) is 13.9. The molecule has 0 aromatic heterocycles. The van der Waals surface area contributed by atoms with Crippen LogP contribution in [0.3, 0.4) is 0 Å². The summed E-state index contributed by atoms with van der Waals surface area (Å²) in [5.74, 6) is 1.81. The zero-order valence-electron chi connectivity index (χ0n) is 17.4. The highest BCUT2D eigenvalue weighted by atomic mass is 16.5. The Balaban J connectivity index is 1.69. The Morgan fingerprint density at radius 1 is 0.750 bits per heavy atom. The molecule has 2 aromatic carbocycles. The van der Waals surface area contributed by atoms with Crippen LogP contribution in [0.4, 0.5) is 5.69 Å². The molecule has 0 bridgehead atoms. The molecule has 0 heterocycles. The number of anilines is 1. The first-order valence-electron chi connectivity index (χ1n) is 10.6. The first kappa shape index (κ1) is 22.1. The Bertz CT molecular complexity index is 643. The van der Waals surface area contributed by atoms with Gasteiger partial charge in [0.05, 0.1) is 13.2 Å². The molecule has 28 heavy (non-hydrogen) atoms. The SMILES string of the molecule is CCCCCCCOc1ccc(NCc2cccc(OCCOCC)c2)cc1. The van der Waals surface area contributed by atoms with E-state index in [-0.39, 0.29) is 0 Å². The highest BCUT2D eigenvalue weighted by molar-refractivity contribution is 5.47. The third-order valence-electron chi connectivity index (χ3n) is 4.47. The van der Waals surface area contributed by atoms with Crippen molar-refractivity contribution in [3.8, 4) is 11.5 Å². The topological polar surface area (TPSA) is 39.7 Å². The zero-order valence-corrected chi connectivity index (χ0v) is 17.4. The normalized spacial score (nSPS) is 10.6. The van der Waals surface area contributed by atoms with Crippen LogP contribution in [0.2, 0.25) is 0 Å². The fraction of sp³-hybridized carbons (Fsp3) is 0.500. The van der Waals surface area contributed by atoms with Gasteiger partial charge in [0, 0.05) is 18.8 Å². The van der Waals surface area contributed by atoms with Gasteiger partial charge < -0.3 is 19.5 Å². The van der Waals surface area contributed by atoms with E-state index in [4.69, 9.17) is 14.2 Å². The minimum absolute atomic E-state index is 0.574. The smallest absolute Gasteiger partial charge is 0.119 e. The van der Waals surface area contributed by atoms with Crippen LogP contribution in [0, 0.1) is 0 Å². The van der Waals surface area contributed by atoms with Gasteiger partial charge in [0.25, 0.3) is 0 Å². The predicted molar refractivity (Wildman–Crippen MR) is 116 cm³/mol. The van der Waals surface area contributed by atoms with Gasteiger partial charge in [-0.3, -0.25) is 0 Å². The molecule has 0 saturated carbocycles. The molecule has 0 unspecified atom stereocenters. The Hall–Kier alpha value is -2.20. The Kier molecular flexibility index (Phi) is 11.0. The molecule has 0 atom stereocenters. The summed E-state index contributed by atoms with van der Waals surface area (Å²) in [7, 11) is 0.